The van der Waals surface area contributed by atoms with E-state index in [1.165, 1.54) is 12.8 Å². The number of benzene rings is 1. The molecule has 1 N–H and O–H groups in total. The third-order valence-electron chi connectivity index (χ3n) is 4.79. The molecule has 146 valence electrons. The molecule has 2 unspecified atom stereocenters. The molecule has 2 aliphatic rings. The summed E-state index contributed by atoms with van der Waals surface area (Å²) in [6.07, 6.45) is 3.07. The van der Waals surface area contributed by atoms with Crippen molar-refractivity contribution in [1.82, 2.24) is 10.2 Å². The van der Waals surface area contributed by atoms with Gasteiger partial charge in [0.15, 0.2) is 11.5 Å². The van der Waals surface area contributed by atoms with E-state index in [0.717, 1.165) is 55.5 Å². The zero-order valence-electron chi connectivity index (χ0n) is 16.3. The van der Waals surface area contributed by atoms with E-state index < -0.39 is 0 Å². The van der Waals surface area contributed by atoms with Crippen molar-refractivity contribution < 1.29 is 18.9 Å². The Morgan fingerprint density at radius 1 is 1.12 bits per heavy atom. The van der Waals surface area contributed by atoms with E-state index in [9.17, 15) is 0 Å². The number of unbranched alkanes of at least 4 members (excludes halogenated alkanes) is 1. The van der Waals surface area contributed by atoms with Gasteiger partial charge in [-0.2, -0.15) is 0 Å². The van der Waals surface area contributed by atoms with Gasteiger partial charge in [0.05, 0.1) is 19.3 Å². The van der Waals surface area contributed by atoms with Crippen molar-refractivity contribution >= 4 is 0 Å². The van der Waals surface area contributed by atoms with Crippen LogP contribution in [0.3, 0.4) is 0 Å². The Bertz CT molecular complexity index is 554. The number of hydrogen-bond acceptors (Lipinski definition) is 6. The lowest BCUT2D eigenvalue weighted by molar-refractivity contribution is -0.0681. The number of nitrogens with zero attached hydrogens (tertiary/aromatic N) is 1. The van der Waals surface area contributed by atoms with Crippen LogP contribution >= 0.6 is 0 Å². The van der Waals surface area contributed by atoms with Gasteiger partial charge >= 0.3 is 0 Å². The van der Waals surface area contributed by atoms with Crippen LogP contribution < -0.4 is 19.5 Å². The maximum atomic E-state index is 5.79. The van der Waals surface area contributed by atoms with E-state index in [2.05, 4.69) is 24.1 Å². The van der Waals surface area contributed by atoms with Crippen molar-refractivity contribution in [3.63, 3.8) is 0 Å². The highest BCUT2D eigenvalue weighted by Gasteiger charge is 2.21. The zero-order valence-corrected chi connectivity index (χ0v) is 16.3. The van der Waals surface area contributed by atoms with E-state index in [0.29, 0.717) is 25.4 Å². The Labute approximate surface area is 156 Å². The van der Waals surface area contributed by atoms with Gasteiger partial charge in [0.2, 0.25) is 5.75 Å². The van der Waals surface area contributed by atoms with Gasteiger partial charge in [0.25, 0.3) is 0 Å². The fourth-order valence-electron chi connectivity index (χ4n) is 3.71. The Kier molecular flexibility index (Phi) is 7.00. The summed E-state index contributed by atoms with van der Waals surface area (Å²) in [5.74, 6) is 2.24. The van der Waals surface area contributed by atoms with E-state index >= 15 is 0 Å². The molecule has 1 aromatic rings. The van der Waals surface area contributed by atoms with Gasteiger partial charge in [-0.25, -0.2) is 0 Å². The van der Waals surface area contributed by atoms with Crippen molar-refractivity contribution in [1.29, 1.82) is 0 Å². The third kappa shape index (κ3) is 5.25. The molecule has 0 spiro atoms. The van der Waals surface area contributed by atoms with Crippen LogP contribution in [0.25, 0.3) is 0 Å². The van der Waals surface area contributed by atoms with Crippen molar-refractivity contribution in [2.75, 3.05) is 46.5 Å². The van der Waals surface area contributed by atoms with E-state index in [1.807, 2.05) is 12.1 Å². The Morgan fingerprint density at radius 2 is 1.88 bits per heavy atom. The summed E-state index contributed by atoms with van der Waals surface area (Å²) < 4.78 is 22.6. The van der Waals surface area contributed by atoms with Crippen LogP contribution in [0.4, 0.5) is 0 Å². The first kappa shape index (κ1) is 19.3. The highest BCUT2D eigenvalue weighted by molar-refractivity contribution is 5.54. The van der Waals surface area contributed by atoms with Crippen LogP contribution in [-0.4, -0.2) is 63.6 Å². The minimum Gasteiger partial charge on any atom is -0.493 e. The average molecular weight is 364 g/mol. The van der Waals surface area contributed by atoms with Gasteiger partial charge < -0.3 is 24.3 Å². The molecule has 0 aliphatic carbocycles. The molecule has 3 rings (SSSR count). The molecule has 1 fully saturated rings. The molecule has 0 amide bonds. The van der Waals surface area contributed by atoms with E-state index in [4.69, 9.17) is 18.9 Å². The molecule has 1 saturated heterocycles. The second-order valence-corrected chi connectivity index (χ2v) is 7.22. The SMILES string of the molecule is COc1cc(CNCCCCN2CC(C)OC(C)C2)cc2c1OCCO2. The normalized spacial score (nSPS) is 23.0. The van der Waals surface area contributed by atoms with Crippen LogP contribution in [0.5, 0.6) is 17.2 Å². The van der Waals surface area contributed by atoms with E-state index in [1.54, 1.807) is 7.11 Å². The molecule has 2 atom stereocenters. The maximum absolute atomic E-state index is 5.79. The molecular formula is C20H32N2O4. The second kappa shape index (κ2) is 9.44. The van der Waals surface area contributed by atoms with Crippen molar-refractivity contribution in [2.45, 2.75) is 45.4 Å². The molecule has 0 saturated carbocycles. The van der Waals surface area contributed by atoms with Gasteiger partial charge in [-0.3, -0.25) is 4.90 Å². The predicted octanol–water partition coefficient (Wildman–Crippen LogP) is 2.45. The van der Waals surface area contributed by atoms with Crippen LogP contribution in [0.1, 0.15) is 32.3 Å². The summed E-state index contributed by atoms with van der Waals surface area (Å²) >= 11 is 0. The molecule has 26 heavy (non-hydrogen) atoms. The van der Waals surface area contributed by atoms with Gasteiger partial charge in [-0.05, 0) is 57.5 Å². The lowest BCUT2D eigenvalue weighted by Crippen LogP contribution is -2.45. The summed E-state index contributed by atoms with van der Waals surface area (Å²) in [4.78, 5) is 2.52. The summed E-state index contributed by atoms with van der Waals surface area (Å²) in [7, 11) is 1.66. The van der Waals surface area contributed by atoms with Gasteiger partial charge in [0.1, 0.15) is 13.2 Å². The summed E-state index contributed by atoms with van der Waals surface area (Å²) in [5.41, 5.74) is 1.15. The zero-order chi connectivity index (χ0) is 18.4. The molecule has 1 aromatic carbocycles. The molecule has 2 aliphatic heterocycles. The van der Waals surface area contributed by atoms with Crippen LogP contribution in [-0.2, 0) is 11.3 Å². The summed E-state index contributed by atoms with van der Waals surface area (Å²) in [6, 6.07) is 4.07. The van der Waals surface area contributed by atoms with Crippen molar-refractivity contribution in [3.05, 3.63) is 17.7 Å². The monoisotopic (exact) mass is 364 g/mol. The molecule has 6 heteroatoms. The minimum absolute atomic E-state index is 0.349. The topological polar surface area (TPSA) is 52.2 Å². The molecule has 6 nitrogen and oxygen atoms in total. The highest BCUT2D eigenvalue weighted by Crippen LogP contribution is 2.40. The minimum atomic E-state index is 0.349. The Balaban J connectivity index is 1.37. The first-order valence-corrected chi connectivity index (χ1v) is 9.70. The number of nitrogens with one attached hydrogen (secondary N) is 1. The number of fused-ring (bicyclic) bond motifs is 1. The van der Waals surface area contributed by atoms with Crippen LogP contribution in [0, 0.1) is 0 Å². The highest BCUT2D eigenvalue weighted by atomic mass is 16.6. The molecular weight excluding hydrogens is 332 g/mol. The second-order valence-electron chi connectivity index (χ2n) is 7.22. The summed E-state index contributed by atoms with van der Waals surface area (Å²) in [6.45, 7) is 10.5. The average Bonchev–Trinajstić information content (AvgIpc) is 2.63. The Hall–Kier alpha value is -1.50. The third-order valence-corrected chi connectivity index (χ3v) is 4.79. The van der Waals surface area contributed by atoms with Gasteiger partial charge in [-0.1, -0.05) is 0 Å². The predicted molar refractivity (Wildman–Crippen MR) is 101 cm³/mol. The Morgan fingerprint density at radius 3 is 2.65 bits per heavy atom. The van der Waals surface area contributed by atoms with Crippen LogP contribution in [0.15, 0.2) is 12.1 Å². The molecule has 0 bridgehead atoms. The number of hydrogen-bond donors (Lipinski definition) is 1. The standard InChI is InChI=1S/C20H32N2O4/c1-15-13-22(14-16(2)26-15)7-5-4-6-21-12-17-10-18(23-3)20-19(11-17)24-8-9-25-20/h10-11,15-16,21H,4-9,12-14H2,1-3H3. The lowest BCUT2D eigenvalue weighted by Gasteiger charge is -2.35. The molecule has 0 radical (unpaired) electrons. The number of methoxy groups -OCH3 is 1. The first-order valence-electron chi connectivity index (χ1n) is 9.70. The molecule has 0 aromatic heterocycles. The summed E-state index contributed by atoms with van der Waals surface area (Å²) in [5, 5.41) is 3.52. The maximum Gasteiger partial charge on any atom is 0.203 e. The number of rotatable bonds is 8. The fraction of sp³-hybridized carbons (Fsp3) is 0.700. The fourth-order valence-corrected chi connectivity index (χ4v) is 3.71. The number of morpholine rings is 1. The van der Waals surface area contributed by atoms with Crippen LogP contribution in [0.2, 0.25) is 0 Å². The quantitative estimate of drug-likeness (QED) is 0.715. The first-order chi connectivity index (χ1) is 12.7. The largest absolute Gasteiger partial charge is 0.493 e. The van der Waals surface area contributed by atoms with Crippen molar-refractivity contribution in [2.24, 2.45) is 0 Å². The molecule has 2 heterocycles. The number of ether oxygens (including phenoxy) is 4. The van der Waals surface area contributed by atoms with Gasteiger partial charge in [0, 0.05) is 19.6 Å². The van der Waals surface area contributed by atoms with E-state index in [-0.39, 0.29) is 0 Å². The van der Waals surface area contributed by atoms with Crippen molar-refractivity contribution in [3.8, 4) is 17.2 Å². The smallest absolute Gasteiger partial charge is 0.203 e. The lowest BCUT2D eigenvalue weighted by atomic mass is 10.1. The van der Waals surface area contributed by atoms with Gasteiger partial charge in [-0.15, -0.1) is 0 Å².